The summed E-state index contributed by atoms with van der Waals surface area (Å²) in [5, 5.41) is 4.14. The van der Waals surface area contributed by atoms with Crippen molar-refractivity contribution in [3.05, 3.63) is 53.9 Å². The lowest BCUT2D eigenvalue weighted by molar-refractivity contribution is -0.119. The largest absolute Gasteiger partial charge is 0.439 e. The lowest BCUT2D eigenvalue weighted by Crippen LogP contribution is -2.33. The molecule has 5 nitrogen and oxygen atoms in total. The monoisotopic (exact) mass is 365 g/mol. The third-order valence-electron chi connectivity index (χ3n) is 4.41. The van der Waals surface area contributed by atoms with Gasteiger partial charge in [-0.3, -0.25) is 4.79 Å². The molecule has 26 heavy (non-hydrogen) atoms. The van der Waals surface area contributed by atoms with Gasteiger partial charge in [0.05, 0.1) is 15.9 Å². The predicted octanol–water partition coefficient (Wildman–Crippen LogP) is 4.47. The maximum atomic E-state index is 11.2. The highest BCUT2D eigenvalue weighted by atomic mass is 32.1. The Morgan fingerprint density at radius 3 is 2.85 bits per heavy atom. The molecular weight excluding hydrogens is 346 g/mol. The Morgan fingerprint density at radius 2 is 2.15 bits per heavy atom. The summed E-state index contributed by atoms with van der Waals surface area (Å²) in [7, 11) is 0. The van der Waals surface area contributed by atoms with Crippen LogP contribution in [0.1, 0.15) is 31.0 Å². The first-order valence-electron chi connectivity index (χ1n) is 8.51. The number of benzene rings is 1. The Bertz CT molecular complexity index is 988. The fraction of sp³-hybridized carbons (Fsp3) is 0.250. The van der Waals surface area contributed by atoms with Crippen molar-refractivity contribution < 1.29 is 9.53 Å². The van der Waals surface area contributed by atoms with Gasteiger partial charge in [-0.25, -0.2) is 4.98 Å². The van der Waals surface area contributed by atoms with Crippen LogP contribution in [-0.2, 0) is 4.79 Å². The van der Waals surface area contributed by atoms with Gasteiger partial charge in [-0.1, -0.05) is 12.2 Å². The first-order valence-corrected chi connectivity index (χ1v) is 9.28. The topological polar surface area (TPSA) is 64.1 Å². The number of aromatic nitrogens is 2. The van der Waals surface area contributed by atoms with Crippen LogP contribution in [0.2, 0.25) is 0 Å². The van der Waals surface area contributed by atoms with Crippen LogP contribution >= 0.6 is 11.5 Å². The first kappa shape index (κ1) is 16.7. The number of aryl methyl sites for hydroxylation is 1. The minimum Gasteiger partial charge on any atom is -0.439 e. The molecule has 132 valence electrons. The fourth-order valence-corrected chi connectivity index (χ4v) is 3.67. The molecule has 4 rings (SSSR count). The SMILES string of the molecule is CC(=O)NC1(/C=C/c2ccc(Oc3ccc4c(C)nsc4c3)nc2)CC1. The van der Waals surface area contributed by atoms with Crippen LogP contribution in [0.3, 0.4) is 0 Å². The van der Waals surface area contributed by atoms with Crippen molar-refractivity contribution in [2.45, 2.75) is 32.2 Å². The van der Waals surface area contributed by atoms with Crippen molar-refractivity contribution in [1.29, 1.82) is 0 Å². The Labute approximate surface area is 155 Å². The van der Waals surface area contributed by atoms with Crippen molar-refractivity contribution in [2.75, 3.05) is 0 Å². The van der Waals surface area contributed by atoms with Crippen LogP contribution in [0.25, 0.3) is 16.2 Å². The molecule has 0 bridgehead atoms. The zero-order chi connectivity index (χ0) is 18.1. The highest BCUT2D eigenvalue weighted by Gasteiger charge is 2.40. The van der Waals surface area contributed by atoms with Crippen molar-refractivity contribution in [1.82, 2.24) is 14.7 Å². The van der Waals surface area contributed by atoms with Gasteiger partial charge in [-0.05, 0) is 55.1 Å². The van der Waals surface area contributed by atoms with Crippen LogP contribution in [0.5, 0.6) is 11.6 Å². The molecule has 6 heteroatoms. The summed E-state index contributed by atoms with van der Waals surface area (Å²) in [5.74, 6) is 1.30. The minimum absolute atomic E-state index is 0.00197. The van der Waals surface area contributed by atoms with Crippen molar-refractivity contribution in [2.24, 2.45) is 0 Å². The Balaban J connectivity index is 1.44. The Kier molecular flexibility index (Phi) is 4.20. The molecule has 0 spiro atoms. The van der Waals surface area contributed by atoms with E-state index in [1.54, 1.807) is 13.1 Å². The zero-order valence-corrected chi connectivity index (χ0v) is 15.5. The number of hydrogen-bond acceptors (Lipinski definition) is 5. The number of pyridine rings is 1. The maximum absolute atomic E-state index is 11.2. The smallest absolute Gasteiger partial charge is 0.219 e. The summed E-state index contributed by atoms with van der Waals surface area (Å²) in [4.78, 5) is 15.6. The molecule has 0 aliphatic heterocycles. The predicted molar refractivity (Wildman–Crippen MR) is 103 cm³/mol. The second-order valence-corrected chi connectivity index (χ2v) is 7.43. The van der Waals surface area contributed by atoms with E-state index < -0.39 is 0 Å². The normalized spacial score (nSPS) is 15.3. The van der Waals surface area contributed by atoms with Crippen LogP contribution in [0.15, 0.2) is 42.6 Å². The molecule has 1 aromatic carbocycles. The summed E-state index contributed by atoms with van der Waals surface area (Å²) < 4.78 is 11.3. The molecule has 1 N–H and O–H groups in total. The van der Waals surface area contributed by atoms with Crippen LogP contribution in [0, 0.1) is 6.92 Å². The first-order chi connectivity index (χ1) is 12.5. The van der Waals surface area contributed by atoms with Gasteiger partial charge < -0.3 is 10.1 Å². The van der Waals surface area contributed by atoms with Gasteiger partial charge >= 0.3 is 0 Å². The number of ether oxygens (including phenoxy) is 1. The molecule has 2 heterocycles. The Hall–Kier alpha value is -2.73. The number of nitrogens with one attached hydrogen (secondary N) is 1. The quantitative estimate of drug-likeness (QED) is 0.724. The van der Waals surface area contributed by atoms with E-state index in [4.69, 9.17) is 4.74 Å². The molecular formula is C20H19N3O2S. The highest BCUT2D eigenvalue weighted by molar-refractivity contribution is 7.13. The van der Waals surface area contributed by atoms with Gasteiger partial charge in [0.2, 0.25) is 11.8 Å². The minimum atomic E-state index is -0.163. The fourth-order valence-electron chi connectivity index (χ4n) is 2.85. The van der Waals surface area contributed by atoms with Crippen molar-refractivity contribution in [3.63, 3.8) is 0 Å². The van der Waals surface area contributed by atoms with E-state index in [1.807, 2.05) is 49.4 Å². The summed E-state index contributed by atoms with van der Waals surface area (Å²) in [6.45, 7) is 3.55. The van der Waals surface area contributed by atoms with Gasteiger partial charge in [0.15, 0.2) is 0 Å². The van der Waals surface area contributed by atoms with Crippen LogP contribution in [-0.4, -0.2) is 20.8 Å². The van der Waals surface area contributed by atoms with Crippen LogP contribution < -0.4 is 10.1 Å². The summed E-state index contributed by atoms with van der Waals surface area (Å²) >= 11 is 1.47. The maximum Gasteiger partial charge on any atom is 0.219 e. The number of amides is 1. The van der Waals surface area contributed by atoms with E-state index >= 15 is 0 Å². The molecule has 1 saturated carbocycles. The molecule has 1 fully saturated rings. The van der Waals surface area contributed by atoms with Gasteiger partial charge in [-0.15, -0.1) is 0 Å². The standard InChI is InChI=1S/C20H19N3O2S/c1-13-17-5-4-16(11-18(17)26-23-13)25-19-6-3-15(12-21-19)7-8-20(9-10-20)22-14(2)24/h3-8,11-12H,9-10H2,1-2H3,(H,22,24)/b8-7+. The number of fused-ring (bicyclic) bond motifs is 1. The number of nitrogens with zero attached hydrogens (tertiary/aromatic N) is 2. The van der Waals surface area contributed by atoms with E-state index in [-0.39, 0.29) is 11.4 Å². The summed E-state index contributed by atoms with van der Waals surface area (Å²) in [5.41, 5.74) is 1.85. The molecule has 0 radical (unpaired) electrons. The number of hydrogen-bond donors (Lipinski definition) is 1. The lowest BCUT2D eigenvalue weighted by Gasteiger charge is -2.10. The second kappa shape index (κ2) is 6.53. The molecule has 2 aromatic heterocycles. The van der Waals surface area contributed by atoms with Crippen LogP contribution in [0.4, 0.5) is 0 Å². The summed E-state index contributed by atoms with van der Waals surface area (Å²) in [6, 6.07) is 9.75. The molecule has 1 aliphatic carbocycles. The third kappa shape index (κ3) is 3.60. The van der Waals surface area contributed by atoms with E-state index in [1.165, 1.54) is 11.5 Å². The highest BCUT2D eigenvalue weighted by Crippen LogP contribution is 2.37. The van der Waals surface area contributed by atoms with E-state index in [0.717, 1.165) is 39.9 Å². The number of carbonyl (C=O) groups excluding carboxylic acids is 1. The average Bonchev–Trinajstić information content (AvgIpc) is 3.28. The number of rotatable bonds is 5. The summed E-state index contributed by atoms with van der Waals surface area (Å²) in [6.07, 6.45) is 7.78. The zero-order valence-electron chi connectivity index (χ0n) is 14.7. The number of carbonyl (C=O) groups is 1. The van der Waals surface area contributed by atoms with E-state index in [0.29, 0.717) is 5.88 Å². The molecule has 1 amide bonds. The van der Waals surface area contributed by atoms with Gasteiger partial charge in [0.25, 0.3) is 0 Å². The lowest BCUT2D eigenvalue weighted by atomic mass is 10.2. The van der Waals surface area contributed by atoms with Gasteiger partial charge in [-0.2, -0.15) is 4.37 Å². The third-order valence-corrected chi connectivity index (χ3v) is 5.31. The molecule has 0 saturated heterocycles. The van der Waals surface area contributed by atoms with E-state index in [2.05, 4.69) is 14.7 Å². The molecule has 1 aliphatic rings. The van der Waals surface area contributed by atoms with Gasteiger partial charge in [0, 0.05) is 30.6 Å². The van der Waals surface area contributed by atoms with E-state index in [9.17, 15) is 4.79 Å². The molecule has 0 unspecified atom stereocenters. The molecule has 3 aromatic rings. The van der Waals surface area contributed by atoms with Crippen molar-refractivity contribution in [3.8, 4) is 11.6 Å². The second-order valence-electron chi connectivity index (χ2n) is 6.63. The van der Waals surface area contributed by atoms with Crippen molar-refractivity contribution >= 4 is 33.6 Å². The molecule has 0 atom stereocenters. The average molecular weight is 365 g/mol. The van der Waals surface area contributed by atoms with Gasteiger partial charge in [0.1, 0.15) is 5.75 Å². The Morgan fingerprint density at radius 1 is 1.31 bits per heavy atom.